The highest BCUT2D eigenvalue weighted by Crippen LogP contribution is 2.24. The third-order valence-corrected chi connectivity index (χ3v) is 3.57. The van der Waals surface area contributed by atoms with E-state index in [1.807, 2.05) is 0 Å². The van der Waals surface area contributed by atoms with Gasteiger partial charge in [0.15, 0.2) is 0 Å². The van der Waals surface area contributed by atoms with Crippen molar-refractivity contribution in [1.82, 2.24) is 14.9 Å². The average Bonchev–Trinajstić information content (AvgIpc) is 3.04. The second kappa shape index (κ2) is 4.62. The molecule has 1 aromatic carbocycles. The summed E-state index contributed by atoms with van der Waals surface area (Å²) in [4.78, 5) is 20.9. The quantitative estimate of drug-likeness (QED) is 0.858. The lowest BCUT2D eigenvalue weighted by Crippen LogP contribution is -2.37. The van der Waals surface area contributed by atoms with Crippen LogP contribution < -0.4 is 0 Å². The maximum atomic E-state index is 13.5. The Bertz CT molecular complexity index is 625. The summed E-state index contributed by atoms with van der Waals surface area (Å²) >= 11 is 0. The molecular formula is C13H14FN3O2. The van der Waals surface area contributed by atoms with Crippen molar-refractivity contribution in [1.29, 1.82) is 0 Å². The molecule has 19 heavy (non-hydrogen) atoms. The Kier molecular flexibility index (Phi) is 2.94. The summed E-state index contributed by atoms with van der Waals surface area (Å²) in [6.07, 6.45) is 3.08. The van der Waals surface area contributed by atoms with Gasteiger partial charge in [0.2, 0.25) is 0 Å². The molecule has 1 aliphatic heterocycles. The van der Waals surface area contributed by atoms with Crippen LogP contribution >= 0.6 is 0 Å². The van der Waals surface area contributed by atoms with Crippen molar-refractivity contribution in [2.45, 2.75) is 18.9 Å². The molecule has 2 aromatic rings. The summed E-state index contributed by atoms with van der Waals surface area (Å²) in [7, 11) is 0. The lowest BCUT2D eigenvalue weighted by atomic mass is 10.1. The van der Waals surface area contributed by atoms with E-state index in [0.29, 0.717) is 17.6 Å². The van der Waals surface area contributed by atoms with Crippen molar-refractivity contribution in [3.05, 3.63) is 29.8 Å². The van der Waals surface area contributed by atoms with Crippen LogP contribution in [-0.2, 0) is 0 Å². The van der Waals surface area contributed by atoms with Crippen LogP contribution in [0.15, 0.2) is 18.5 Å². The minimum atomic E-state index is -0.472. The van der Waals surface area contributed by atoms with Gasteiger partial charge in [-0.05, 0) is 25.0 Å². The van der Waals surface area contributed by atoms with Gasteiger partial charge in [-0.2, -0.15) is 0 Å². The summed E-state index contributed by atoms with van der Waals surface area (Å²) < 4.78 is 13.5. The molecule has 0 saturated carbocycles. The van der Waals surface area contributed by atoms with Crippen LogP contribution in [0, 0.1) is 5.82 Å². The van der Waals surface area contributed by atoms with E-state index in [0.717, 1.165) is 12.8 Å². The second-order valence-corrected chi connectivity index (χ2v) is 4.73. The predicted molar refractivity (Wildman–Crippen MR) is 67.2 cm³/mol. The first-order valence-corrected chi connectivity index (χ1v) is 6.25. The van der Waals surface area contributed by atoms with Crippen LogP contribution in [0.3, 0.4) is 0 Å². The van der Waals surface area contributed by atoms with E-state index < -0.39 is 5.82 Å². The summed E-state index contributed by atoms with van der Waals surface area (Å²) in [5.41, 5.74) is 1.22. The fourth-order valence-corrected chi connectivity index (χ4v) is 2.63. The highest BCUT2D eigenvalue weighted by Gasteiger charge is 2.30. The molecule has 3 rings (SSSR count). The fourth-order valence-electron chi connectivity index (χ4n) is 2.63. The van der Waals surface area contributed by atoms with Gasteiger partial charge < -0.3 is 15.0 Å². The third-order valence-electron chi connectivity index (χ3n) is 3.57. The molecule has 1 saturated heterocycles. The normalized spacial score (nSPS) is 19.3. The van der Waals surface area contributed by atoms with Crippen molar-refractivity contribution in [3.63, 3.8) is 0 Å². The zero-order valence-corrected chi connectivity index (χ0v) is 10.3. The van der Waals surface area contributed by atoms with Gasteiger partial charge in [-0.3, -0.25) is 4.79 Å². The van der Waals surface area contributed by atoms with E-state index in [4.69, 9.17) is 0 Å². The van der Waals surface area contributed by atoms with E-state index in [1.54, 1.807) is 4.90 Å². The topological polar surface area (TPSA) is 69.2 Å². The lowest BCUT2D eigenvalue weighted by Gasteiger charge is -2.23. The smallest absolute Gasteiger partial charge is 0.256 e. The van der Waals surface area contributed by atoms with Gasteiger partial charge >= 0.3 is 0 Å². The van der Waals surface area contributed by atoms with Gasteiger partial charge in [0.1, 0.15) is 11.3 Å². The number of aliphatic hydroxyl groups excluding tert-OH is 1. The highest BCUT2D eigenvalue weighted by atomic mass is 19.1. The van der Waals surface area contributed by atoms with Crippen molar-refractivity contribution in [3.8, 4) is 0 Å². The second-order valence-electron chi connectivity index (χ2n) is 4.73. The number of aromatic amines is 1. The number of H-pyrrole nitrogens is 1. The lowest BCUT2D eigenvalue weighted by molar-refractivity contribution is 0.0679. The zero-order chi connectivity index (χ0) is 13.4. The first-order chi connectivity index (χ1) is 9.20. The van der Waals surface area contributed by atoms with Crippen LogP contribution in [0.5, 0.6) is 0 Å². The number of halogens is 1. The van der Waals surface area contributed by atoms with Crippen molar-refractivity contribution in [2.24, 2.45) is 0 Å². The predicted octanol–water partition coefficient (Wildman–Crippen LogP) is 1.30. The first kappa shape index (κ1) is 12.1. The molecule has 0 spiro atoms. The van der Waals surface area contributed by atoms with Gasteiger partial charge in [-0.1, -0.05) is 0 Å². The number of nitrogens with one attached hydrogen (secondary N) is 1. The van der Waals surface area contributed by atoms with Crippen LogP contribution in [0.2, 0.25) is 0 Å². The van der Waals surface area contributed by atoms with E-state index in [2.05, 4.69) is 9.97 Å². The van der Waals surface area contributed by atoms with Crippen LogP contribution in [0.1, 0.15) is 23.2 Å². The van der Waals surface area contributed by atoms with E-state index in [9.17, 15) is 14.3 Å². The highest BCUT2D eigenvalue weighted by molar-refractivity contribution is 6.05. The van der Waals surface area contributed by atoms with E-state index in [-0.39, 0.29) is 24.1 Å². The standard InChI is InChI=1S/C13H14FN3O2/c14-8-4-10(12-11(5-8)15-7-16-12)13(19)17-3-1-2-9(17)6-18/h4-5,7,9,18H,1-3,6H2,(H,15,16)/t9-/m0/s1. The molecule has 2 N–H and O–H groups in total. The molecule has 0 radical (unpaired) electrons. The molecule has 5 nitrogen and oxygen atoms in total. The van der Waals surface area contributed by atoms with Crippen molar-refractivity contribution in [2.75, 3.05) is 13.2 Å². The Morgan fingerprint density at radius 2 is 2.42 bits per heavy atom. The number of benzene rings is 1. The summed E-state index contributed by atoms with van der Waals surface area (Å²) in [6.45, 7) is 0.525. The molecule has 0 unspecified atom stereocenters. The maximum absolute atomic E-state index is 13.5. The molecule has 1 fully saturated rings. The molecule has 1 amide bonds. The Labute approximate surface area is 109 Å². The molecule has 1 atom stereocenters. The Morgan fingerprint density at radius 3 is 3.21 bits per heavy atom. The van der Waals surface area contributed by atoms with Crippen LogP contribution in [0.25, 0.3) is 11.0 Å². The Morgan fingerprint density at radius 1 is 1.58 bits per heavy atom. The third kappa shape index (κ3) is 1.98. The minimum Gasteiger partial charge on any atom is -0.394 e. The fraction of sp³-hybridized carbons (Fsp3) is 0.385. The maximum Gasteiger partial charge on any atom is 0.256 e. The minimum absolute atomic E-state index is 0.0647. The molecule has 0 bridgehead atoms. The SMILES string of the molecule is O=C(c1cc(F)cc2[nH]cnc12)N1CCC[C@H]1CO. The number of carbonyl (C=O) groups is 1. The van der Waals surface area contributed by atoms with E-state index in [1.165, 1.54) is 18.5 Å². The average molecular weight is 263 g/mol. The Balaban J connectivity index is 2.03. The number of aliphatic hydroxyl groups is 1. The number of nitrogens with zero attached hydrogens (tertiary/aromatic N) is 2. The molecule has 0 aliphatic carbocycles. The van der Waals surface area contributed by atoms with Gasteiger partial charge in [-0.25, -0.2) is 9.37 Å². The number of hydrogen-bond acceptors (Lipinski definition) is 3. The number of likely N-dealkylation sites (tertiary alicyclic amines) is 1. The molecule has 2 heterocycles. The molecule has 1 aliphatic rings. The first-order valence-electron chi connectivity index (χ1n) is 6.25. The number of amides is 1. The van der Waals surface area contributed by atoms with Gasteiger partial charge in [0.25, 0.3) is 5.91 Å². The number of imidazole rings is 1. The van der Waals surface area contributed by atoms with Crippen molar-refractivity contribution < 1.29 is 14.3 Å². The number of aromatic nitrogens is 2. The molecular weight excluding hydrogens is 249 g/mol. The van der Waals surface area contributed by atoms with Crippen molar-refractivity contribution >= 4 is 16.9 Å². The number of rotatable bonds is 2. The number of fused-ring (bicyclic) bond motifs is 1. The largest absolute Gasteiger partial charge is 0.394 e. The van der Waals surface area contributed by atoms with Crippen LogP contribution in [-0.4, -0.2) is 45.1 Å². The van der Waals surface area contributed by atoms with Gasteiger partial charge in [0.05, 0.1) is 30.1 Å². The number of hydrogen-bond donors (Lipinski definition) is 2. The van der Waals surface area contributed by atoms with Gasteiger partial charge in [0, 0.05) is 6.54 Å². The molecule has 6 heteroatoms. The number of carbonyl (C=O) groups excluding carboxylic acids is 1. The Hall–Kier alpha value is -1.95. The summed E-state index contributed by atoms with van der Waals surface area (Å²) in [5, 5.41) is 9.27. The monoisotopic (exact) mass is 263 g/mol. The molecule has 1 aromatic heterocycles. The molecule has 100 valence electrons. The summed E-state index contributed by atoms with van der Waals surface area (Å²) in [5.74, 6) is -0.743. The zero-order valence-electron chi connectivity index (χ0n) is 10.3. The summed E-state index contributed by atoms with van der Waals surface area (Å²) in [6, 6.07) is 2.34. The van der Waals surface area contributed by atoms with Crippen LogP contribution in [0.4, 0.5) is 4.39 Å². The van der Waals surface area contributed by atoms with Gasteiger partial charge in [-0.15, -0.1) is 0 Å². The van der Waals surface area contributed by atoms with E-state index >= 15 is 0 Å².